The quantitative estimate of drug-likeness (QED) is 0.830. The van der Waals surface area contributed by atoms with E-state index >= 15 is 0 Å². The van der Waals surface area contributed by atoms with Gasteiger partial charge in [-0.2, -0.15) is 5.26 Å². The number of nitrogens with one attached hydrogen (secondary N) is 2. The largest absolute Gasteiger partial charge is 0.351 e. The number of hydrogen-bond acceptors (Lipinski definition) is 7. The molecule has 8 heteroatoms. The van der Waals surface area contributed by atoms with E-state index in [9.17, 15) is 5.26 Å². The number of nitrogens with zero attached hydrogens (tertiary/aromatic N) is 5. The number of H-pyrrole nitrogens is 1. The molecule has 0 radical (unpaired) electrons. The molecule has 2 aromatic rings. The van der Waals surface area contributed by atoms with Gasteiger partial charge in [0.25, 0.3) is 0 Å². The molecule has 1 aliphatic heterocycles. The van der Waals surface area contributed by atoms with Crippen molar-refractivity contribution in [3.8, 4) is 17.5 Å². The van der Waals surface area contributed by atoms with Crippen LogP contribution >= 0.6 is 11.9 Å². The summed E-state index contributed by atoms with van der Waals surface area (Å²) in [6.07, 6.45) is 7.48. The van der Waals surface area contributed by atoms with E-state index in [1.165, 1.54) is 0 Å². The summed E-state index contributed by atoms with van der Waals surface area (Å²) in [6.45, 7) is 3.98. The van der Waals surface area contributed by atoms with Gasteiger partial charge in [-0.3, -0.25) is 4.31 Å². The lowest BCUT2D eigenvalue weighted by Crippen LogP contribution is -2.35. The number of aromatic amines is 1. The third kappa shape index (κ3) is 3.63. The van der Waals surface area contributed by atoms with Crippen molar-refractivity contribution in [1.29, 1.82) is 5.26 Å². The molecule has 0 unspecified atom stereocenters. The zero-order chi connectivity index (χ0) is 16.2. The Bertz CT molecular complexity index is 713. The summed E-state index contributed by atoms with van der Waals surface area (Å²) >= 11 is 1.79. The standard InChI is InChI=1S/C15H19N7S/c1-10-17-9-13(19-10)14-11(7-16)8-18-15(21-14)20-12-3-5-22(23-2)6-4-12/h8-9,12H,3-6H2,1-2H3,(H,17,19)(H,18,20,21). The van der Waals surface area contributed by atoms with Gasteiger partial charge in [-0.05, 0) is 26.0 Å². The molecule has 7 nitrogen and oxygen atoms in total. The number of aromatic nitrogens is 4. The van der Waals surface area contributed by atoms with E-state index in [0.717, 1.165) is 37.4 Å². The Hall–Kier alpha value is -2.11. The first-order valence-electron chi connectivity index (χ1n) is 7.54. The summed E-state index contributed by atoms with van der Waals surface area (Å²) < 4.78 is 2.36. The van der Waals surface area contributed by atoms with Gasteiger partial charge in [-0.15, -0.1) is 0 Å². The Morgan fingerprint density at radius 1 is 1.35 bits per heavy atom. The molecule has 23 heavy (non-hydrogen) atoms. The lowest BCUT2D eigenvalue weighted by atomic mass is 10.1. The summed E-state index contributed by atoms with van der Waals surface area (Å²) in [6, 6.07) is 2.50. The molecule has 3 rings (SSSR count). The minimum atomic E-state index is 0.364. The molecule has 3 heterocycles. The smallest absolute Gasteiger partial charge is 0.223 e. The fraction of sp³-hybridized carbons (Fsp3) is 0.467. The van der Waals surface area contributed by atoms with E-state index in [1.54, 1.807) is 24.3 Å². The van der Waals surface area contributed by atoms with Gasteiger partial charge >= 0.3 is 0 Å². The van der Waals surface area contributed by atoms with Crippen molar-refractivity contribution in [3.05, 3.63) is 23.8 Å². The van der Waals surface area contributed by atoms with Crippen molar-refractivity contribution in [2.45, 2.75) is 25.8 Å². The topological polar surface area (TPSA) is 93.5 Å². The predicted molar refractivity (Wildman–Crippen MR) is 90.8 cm³/mol. The van der Waals surface area contributed by atoms with E-state index in [4.69, 9.17) is 0 Å². The predicted octanol–water partition coefficient (Wildman–Crippen LogP) is 2.20. The summed E-state index contributed by atoms with van der Waals surface area (Å²) in [4.78, 5) is 16.1. The number of imidazole rings is 1. The Kier molecular flexibility index (Phi) is 4.79. The van der Waals surface area contributed by atoms with E-state index < -0.39 is 0 Å². The number of hydrogen-bond donors (Lipinski definition) is 2. The molecule has 0 bridgehead atoms. The first kappa shape index (κ1) is 15.8. The molecule has 1 fully saturated rings. The second-order valence-electron chi connectivity index (χ2n) is 5.48. The SMILES string of the molecule is CSN1CCC(Nc2ncc(C#N)c(-c3cnc(C)[nH]3)n2)CC1. The van der Waals surface area contributed by atoms with Crippen LogP contribution in [0.2, 0.25) is 0 Å². The Morgan fingerprint density at radius 2 is 2.13 bits per heavy atom. The van der Waals surface area contributed by atoms with Crippen LogP contribution in [0, 0.1) is 18.3 Å². The fourth-order valence-corrected chi connectivity index (χ4v) is 3.22. The molecule has 0 spiro atoms. The van der Waals surface area contributed by atoms with E-state index in [1.807, 2.05) is 6.92 Å². The highest BCUT2D eigenvalue weighted by atomic mass is 32.2. The van der Waals surface area contributed by atoms with Crippen molar-refractivity contribution in [2.75, 3.05) is 24.7 Å². The van der Waals surface area contributed by atoms with Crippen LogP contribution in [0.3, 0.4) is 0 Å². The molecule has 120 valence electrons. The van der Waals surface area contributed by atoms with Gasteiger partial charge in [0.2, 0.25) is 5.95 Å². The number of nitriles is 1. The van der Waals surface area contributed by atoms with Crippen LogP contribution in [0.25, 0.3) is 11.4 Å². The van der Waals surface area contributed by atoms with Gasteiger partial charge in [0.15, 0.2) is 0 Å². The summed E-state index contributed by atoms with van der Waals surface area (Å²) in [5, 5.41) is 12.7. The first-order valence-corrected chi connectivity index (χ1v) is 8.72. The Morgan fingerprint density at radius 3 is 2.74 bits per heavy atom. The molecule has 1 saturated heterocycles. The highest BCUT2D eigenvalue weighted by molar-refractivity contribution is 7.96. The van der Waals surface area contributed by atoms with E-state index in [2.05, 4.69) is 41.9 Å². The highest BCUT2D eigenvalue weighted by Crippen LogP contribution is 2.22. The minimum absolute atomic E-state index is 0.364. The summed E-state index contributed by atoms with van der Waals surface area (Å²) in [7, 11) is 0. The Labute approximate surface area is 139 Å². The van der Waals surface area contributed by atoms with Gasteiger partial charge in [0.1, 0.15) is 17.6 Å². The maximum atomic E-state index is 9.26. The Balaban J connectivity index is 1.78. The van der Waals surface area contributed by atoms with Crippen LogP contribution in [0.1, 0.15) is 24.2 Å². The van der Waals surface area contributed by atoms with Gasteiger partial charge in [-0.1, -0.05) is 11.9 Å². The molecule has 0 saturated carbocycles. The summed E-state index contributed by atoms with van der Waals surface area (Å²) in [5.74, 6) is 1.36. The van der Waals surface area contributed by atoms with Crippen LogP contribution in [-0.4, -0.2) is 49.6 Å². The second kappa shape index (κ2) is 6.98. The van der Waals surface area contributed by atoms with Crippen LogP contribution in [0.4, 0.5) is 5.95 Å². The van der Waals surface area contributed by atoms with E-state index in [-0.39, 0.29) is 0 Å². The monoisotopic (exact) mass is 329 g/mol. The first-order chi connectivity index (χ1) is 11.2. The average Bonchev–Trinajstić information content (AvgIpc) is 3.02. The van der Waals surface area contributed by atoms with Crippen molar-refractivity contribution in [3.63, 3.8) is 0 Å². The maximum absolute atomic E-state index is 9.26. The second-order valence-corrected chi connectivity index (χ2v) is 6.36. The number of anilines is 1. The molecule has 2 aromatic heterocycles. The van der Waals surface area contributed by atoms with Gasteiger partial charge in [-0.25, -0.2) is 15.0 Å². The van der Waals surface area contributed by atoms with Gasteiger partial charge in [0, 0.05) is 19.1 Å². The number of aryl methyl sites for hydroxylation is 1. The minimum Gasteiger partial charge on any atom is -0.351 e. The number of rotatable bonds is 4. The number of piperidine rings is 1. The molecule has 0 aliphatic carbocycles. The lowest BCUT2D eigenvalue weighted by molar-refractivity contribution is 0.358. The maximum Gasteiger partial charge on any atom is 0.223 e. The van der Waals surface area contributed by atoms with Crippen molar-refractivity contribution in [2.24, 2.45) is 0 Å². The average molecular weight is 329 g/mol. The molecule has 0 atom stereocenters. The highest BCUT2D eigenvalue weighted by Gasteiger charge is 2.20. The zero-order valence-electron chi connectivity index (χ0n) is 13.2. The van der Waals surface area contributed by atoms with Crippen LogP contribution in [0.5, 0.6) is 0 Å². The van der Waals surface area contributed by atoms with Gasteiger partial charge < -0.3 is 10.3 Å². The van der Waals surface area contributed by atoms with Crippen LogP contribution in [-0.2, 0) is 0 Å². The van der Waals surface area contributed by atoms with Crippen LogP contribution < -0.4 is 5.32 Å². The molecular formula is C15H19N7S. The van der Waals surface area contributed by atoms with Crippen molar-refractivity contribution < 1.29 is 0 Å². The fourth-order valence-electron chi connectivity index (χ4n) is 2.64. The third-order valence-corrected chi connectivity index (χ3v) is 4.79. The van der Waals surface area contributed by atoms with Crippen LogP contribution in [0.15, 0.2) is 12.4 Å². The van der Waals surface area contributed by atoms with Gasteiger partial charge in [0.05, 0.1) is 23.7 Å². The zero-order valence-corrected chi connectivity index (χ0v) is 14.0. The third-order valence-electron chi connectivity index (χ3n) is 3.91. The molecule has 0 aromatic carbocycles. The molecule has 1 aliphatic rings. The normalized spacial score (nSPS) is 16.2. The molecule has 0 amide bonds. The van der Waals surface area contributed by atoms with Crippen molar-refractivity contribution >= 4 is 17.9 Å². The summed E-state index contributed by atoms with van der Waals surface area (Å²) in [5.41, 5.74) is 1.77. The molecule has 2 N–H and O–H groups in total. The lowest BCUT2D eigenvalue weighted by Gasteiger charge is -2.30. The van der Waals surface area contributed by atoms with E-state index in [0.29, 0.717) is 23.2 Å². The molecular weight excluding hydrogens is 310 g/mol. The van der Waals surface area contributed by atoms with Crippen molar-refractivity contribution in [1.82, 2.24) is 24.2 Å².